The van der Waals surface area contributed by atoms with Gasteiger partial charge >= 0.3 is 6.18 Å². The first-order valence-corrected chi connectivity index (χ1v) is 6.09. The number of nitrogens with zero attached hydrogens (tertiary/aromatic N) is 2. The van der Waals surface area contributed by atoms with Crippen molar-refractivity contribution in [2.45, 2.75) is 19.6 Å². The van der Waals surface area contributed by atoms with Gasteiger partial charge < -0.3 is 15.8 Å². The molecule has 5 nitrogen and oxygen atoms in total. The van der Waals surface area contributed by atoms with Crippen molar-refractivity contribution in [1.29, 1.82) is 0 Å². The van der Waals surface area contributed by atoms with E-state index in [1.54, 1.807) is 6.07 Å². The second-order valence-electron chi connectivity index (χ2n) is 4.42. The molecule has 0 aromatic carbocycles. The molecule has 0 radical (unpaired) electrons. The van der Waals surface area contributed by atoms with Crippen molar-refractivity contribution in [3.63, 3.8) is 0 Å². The number of nitrogens with one attached hydrogen (secondary N) is 1. The van der Waals surface area contributed by atoms with Gasteiger partial charge in [0.15, 0.2) is 12.6 Å². The van der Waals surface area contributed by atoms with E-state index in [0.29, 0.717) is 12.1 Å². The number of alkyl halides is 3. The Labute approximate surface area is 143 Å². The van der Waals surface area contributed by atoms with Crippen LogP contribution in [0.5, 0.6) is 5.88 Å². The zero-order valence-corrected chi connectivity index (χ0v) is 14.3. The Kier molecular flexibility index (Phi) is 8.83. The summed E-state index contributed by atoms with van der Waals surface area (Å²) in [7, 11) is 0. The van der Waals surface area contributed by atoms with Crippen LogP contribution < -0.4 is 15.8 Å². The molecule has 22 heavy (non-hydrogen) atoms. The van der Waals surface area contributed by atoms with Gasteiger partial charge in [0.1, 0.15) is 0 Å². The highest BCUT2D eigenvalue weighted by Crippen LogP contribution is 2.17. The van der Waals surface area contributed by atoms with E-state index in [1.807, 2.05) is 6.92 Å². The Bertz CT molecular complexity index is 520. The molecule has 124 valence electrons. The largest absolute Gasteiger partial charge is 0.468 e. The Morgan fingerprint density at radius 3 is 2.77 bits per heavy atom. The highest BCUT2D eigenvalue weighted by molar-refractivity contribution is 14.0. The zero-order valence-electron chi connectivity index (χ0n) is 12.0. The minimum absolute atomic E-state index is 0. The maximum atomic E-state index is 12.0. The van der Waals surface area contributed by atoms with E-state index in [0.717, 1.165) is 5.57 Å². The number of guanidine groups is 1. The number of rotatable bonds is 6. The van der Waals surface area contributed by atoms with Crippen molar-refractivity contribution in [1.82, 2.24) is 10.3 Å². The average molecular weight is 430 g/mol. The lowest BCUT2D eigenvalue weighted by Crippen LogP contribution is -2.32. The predicted octanol–water partition coefficient (Wildman–Crippen LogP) is 2.62. The van der Waals surface area contributed by atoms with Gasteiger partial charge in [0.2, 0.25) is 5.88 Å². The third-order valence-corrected chi connectivity index (χ3v) is 2.19. The Hall–Kier alpha value is -1.52. The third kappa shape index (κ3) is 9.42. The average Bonchev–Trinajstić information content (AvgIpc) is 2.40. The highest BCUT2D eigenvalue weighted by Gasteiger charge is 2.28. The quantitative estimate of drug-likeness (QED) is 0.315. The van der Waals surface area contributed by atoms with Gasteiger partial charge in [-0.3, -0.25) is 0 Å². The van der Waals surface area contributed by atoms with Crippen LogP contribution in [0.2, 0.25) is 0 Å². The van der Waals surface area contributed by atoms with E-state index in [4.69, 9.17) is 5.73 Å². The minimum Gasteiger partial charge on any atom is -0.468 e. The number of nitrogens with two attached hydrogens (primary N) is 1. The molecule has 1 heterocycles. The fourth-order valence-electron chi connectivity index (χ4n) is 1.26. The molecule has 0 spiro atoms. The summed E-state index contributed by atoms with van der Waals surface area (Å²) in [6.07, 6.45) is -3.04. The molecule has 0 saturated carbocycles. The van der Waals surface area contributed by atoms with Gasteiger partial charge in [-0.05, 0) is 18.6 Å². The van der Waals surface area contributed by atoms with Gasteiger partial charge in [-0.1, -0.05) is 12.2 Å². The lowest BCUT2D eigenvalue weighted by atomic mass is 10.3. The van der Waals surface area contributed by atoms with Crippen LogP contribution in [0.1, 0.15) is 12.5 Å². The topological polar surface area (TPSA) is 72.5 Å². The molecule has 0 fully saturated rings. The summed E-state index contributed by atoms with van der Waals surface area (Å²) in [6, 6.07) is 3.01. The van der Waals surface area contributed by atoms with Crippen molar-refractivity contribution in [3.8, 4) is 5.88 Å². The van der Waals surface area contributed by atoms with Crippen molar-refractivity contribution < 1.29 is 17.9 Å². The maximum Gasteiger partial charge on any atom is 0.422 e. The van der Waals surface area contributed by atoms with E-state index < -0.39 is 12.8 Å². The lowest BCUT2D eigenvalue weighted by Gasteiger charge is -2.09. The molecule has 0 aliphatic carbocycles. The van der Waals surface area contributed by atoms with Crippen LogP contribution in [-0.2, 0) is 6.54 Å². The number of hydrogen-bond acceptors (Lipinski definition) is 3. The van der Waals surface area contributed by atoms with Gasteiger partial charge in [0, 0.05) is 18.8 Å². The molecule has 0 saturated heterocycles. The first kappa shape index (κ1) is 20.5. The summed E-state index contributed by atoms with van der Waals surface area (Å²) >= 11 is 0. The van der Waals surface area contributed by atoms with Gasteiger partial charge in [-0.2, -0.15) is 13.2 Å². The first-order valence-electron chi connectivity index (χ1n) is 6.09. The number of aliphatic imine (C=N–C) groups is 1. The Morgan fingerprint density at radius 2 is 2.18 bits per heavy atom. The fourth-order valence-corrected chi connectivity index (χ4v) is 1.26. The summed E-state index contributed by atoms with van der Waals surface area (Å²) in [4.78, 5) is 7.75. The van der Waals surface area contributed by atoms with Crippen molar-refractivity contribution >= 4 is 29.9 Å². The van der Waals surface area contributed by atoms with E-state index in [1.165, 1.54) is 12.3 Å². The first-order chi connectivity index (χ1) is 9.76. The molecule has 0 amide bonds. The normalized spacial score (nSPS) is 11.5. The molecule has 0 bridgehead atoms. The van der Waals surface area contributed by atoms with E-state index in [2.05, 4.69) is 26.6 Å². The summed E-state index contributed by atoms with van der Waals surface area (Å²) in [5.41, 5.74) is 7.17. The van der Waals surface area contributed by atoms with E-state index in [9.17, 15) is 13.2 Å². The minimum atomic E-state index is -4.40. The molecule has 0 aliphatic rings. The van der Waals surface area contributed by atoms with Crippen LogP contribution in [0, 0.1) is 0 Å². The molecular formula is C13H18F3IN4O. The fraction of sp³-hybridized carbons (Fsp3) is 0.385. The summed E-state index contributed by atoms with van der Waals surface area (Å²) in [6.45, 7) is 4.88. The predicted molar refractivity (Wildman–Crippen MR) is 89.3 cm³/mol. The second kappa shape index (κ2) is 9.49. The van der Waals surface area contributed by atoms with Crippen molar-refractivity contribution in [2.24, 2.45) is 10.7 Å². The van der Waals surface area contributed by atoms with Gasteiger partial charge in [-0.15, -0.1) is 24.0 Å². The van der Waals surface area contributed by atoms with Crippen LogP contribution in [0.3, 0.4) is 0 Å². The number of hydrogen-bond donors (Lipinski definition) is 2. The monoisotopic (exact) mass is 430 g/mol. The number of aromatic nitrogens is 1. The summed E-state index contributed by atoms with van der Waals surface area (Å²) in [5.74, 6) is 0.126. The maximum absolute atomic E-state index is 12.0. The van der Waals surface area contributed by atoms with Gasteiger partial charge in [0.05, 0.1) is 6.54 Å². The Balaban J connectivity index is 0.00000441. The standard InChI is InChI=1S/C13H17F3N4O.HI/c1-9(2)6-19-12(17)20-7-10-3-4-18-11(5-10)21-8-13(14,15)16;/h3-5H,1,6-8H2,2H3,(H3,17,19,20);1H. The second-order valence-corrected chi connectivity index (χ2v) is 4.42. The third-order valence-electron chi connectivity index (χ3n) is 2.19. The molecule has 3 N–H and O–H groups in total. The summed E-state index contributed by atoms with van der Waals surface area (Å²) < 4.78 is 40.7. The molecule has 1 aromatic heterocycles. The smallest absolute Gasteiger partial charge is 0.422 e. The van der Waals surface area contributed by atoms with Crippen molar-refractivity contribution in [3.05, 3.63) is 36.0 Å². The highest BCUT2D eigenvalue weighted by atomic mass is 127. The Morgan fingerprint density at radius 1 is 1.50 bits per heavy atom. The molecule has 1 rings (SSSR count). The van der Waals surface area contributed by atoms with Crippen molar-refractivity contribution in [2.75, 3.05) is 13.2 Å². The van der Waals surface area contributed by atoms with E-state index >= 15 is 0 Å². The van der Waals surface area contributed by atoms with Gasteiger partial charge in [-0.25, -0.2) is 9.98 Å². The van der Waals surface area contributed by atoms with Crippen LogP contribution in [-0.4, -0.2) is 30.3 Å². The van der Waals surface area contributed by atoms with Crippen LogP contribution in [0.4, 0.5) is 13.2 Å². The van der Waals surface area contributed by atoms with Gasteiger partial charge in [0.25, 0.3) is 0 Å². The number of halogens is 4. The van der Waals surface area contributed by atoms with Crippen LogP contribution in [0.15, 0.2) is 35.5 Å². The lowest BCUT2D eigenvalue weighted by molar-refractivity contribution is -0.154. The molecule has 1 aromatic rings. The molecule has 0 aliphatic heterocycles. The van der Waals surface area contributed by atoms with Crippen LogP contribution in [0.25, 0.3) is 0 Å². The molecule has 9 heteroatoms. The molecule has 0 unspecified atom stereocenters. The molecule has 0 atom stereocenters. The van der Waals surface area contributed by atoms with Crippen LogP contribution >= 0.6 is 24.0 Å². The summed E-state index contributed by atoms with van der Waals surface area (Å²) in [5, 5.41) is 2.84. The van der Waals surface area contributed by atoms with E-state index in [-0.39, 0.29) is 42.4 Å². The number of ether oxygens (including phenoxy) is 1. The zero-order chi connectivity index (χ0) is 15.9. The molecular weight excluding hydrogens is 412 g/mol. The number of pyridine rings is 1. The SMILES string of the molecule is C=C(C)CNC(N)=NCc1ccnc(OCC(F)(F)F)c1.I.